The molecule has 0 aromatic carbocycles. The van der Waals surface area contributed by atoms with Gasteiger partial charge in [0.15, 0.2) is 0 Å². The summed E-state index contributed by atoms with van der Waals surface area (Å²) < 4.78 is 2.76. The van der Waals surface area contributed by atoms with Gasteiger partial charge in [-0.15, -0.1) is 0 Å². The van der Waals surface area contributed by atoms with E-state index in [1.807, 2.05) is 0 Å². The van der Waals surface area contributed by atoms with Crippen molar-refractivity contribution in [2.75, 3.05) is 0 Å². The van der Waals surface area contributed by atoms with E-state index in [2.05, 4.69) is 31.9 Å². The molecule has 0 N–H and O–H groups in total. The molecule has 0 aliphatic carbocycles. The molecule has 0 aliphatic heterocycles. The standard InChI is InChI=1S/2C5H4BrNOS.2ClH.Sn/c2*6-4-1-2-5(9)7(8)3-4;;;/h2*1-3,9H;2*1H;/q;;;;+4/p-4. The van der Waals surface area contributed by atoms with Crippen molar-refractivity contribution in [1.82, 2.24) is 0 Å². The Morgan fingerprint density at radius 3 is 1.57 bits per heavy atom. The molecule has 0 amide bonds. The minimum absolute atomic E-state index is 0.418. The summed E-state index contributed by atoms with van der Waals surface area (Å²) >= 11 is 2.65. The molecule has 112 valence electrons. The molecule has 0 unspecified atom stereocenters. The first kappa shape index (κ1) is 18.3. The molecule has 2 aromatic rings. The fraction of sp³-hybridized carbons (Fsp3) is 0. The number of hydrogen-bond acceptors (Lipinski definition) is 4. The van der Waals surface area contributed by atoms with Crippen LogP contribution in [0.5, 0.6) is 0 Å². The Kier molecular flexibility index (Phi) is 6.68. The first-order chi connectivity index (χ1) is 9.77. The molecule has 0 radical (unpaired) electrons. The van der Waals surface area contributed by atoms with Crippen LogP contribution in [0.4, 0.5) is 0 Å². The van der Waals surface area contributed by atoms with Crippen molar-refractivity contribution < 1.29 is 9.46 Å². The Morgan fingerprint density at radius 1 is 0.857 bits per heavy atom. The van der Waals surface area contributed by atoms with Crippen molar-refractivity contribution in [2.24, 2.45) is 0 Å². The Hall–Kier alpha value is 0.939. The molecular weight excluding hydrogens is 594 g/mol. The predicted octanol–water partition coefficient (Wildman–Crippen LogP) is 4.28. The molecular formula is C10H6Br2Cl2N2O2S2Sn. The van der Waals surface area contributed by atoms with Gasteiger partial charge in [-0.1, -0.05) is 0 Å². The summed E-state index contributed by atoms with van der Waals surface area (Å²) in [5.41, 5.74) is 0. The average Bonchev–Trinajstić information content (AvgIpc) is 2.36. The van der Waals surface area contributed by atoms with Gasteiger partial charge in [-0.05, 0) is 0 Å². The van der Waals surface area contributed by atoms with Gasteiger partial charge in [0.2, 0.25) is 0 Å². The topological polar surface area (TPSA) is 53.9 Å². The van der Waals surface area contributed by atoms with Gasteiger partial charge < -0.3 is 0 Å². The van der Waals surface area contributed by atoms with Crippen molar-refractivity contribution in [3.05, 3.63) is 56.0 Å². The second-order valence-corrected chi connectivity index (χ2v) is 37.8. The zero-order valence-electron chi connectivity index (χ0n) is 10.0. The van der Waals surface area contributed by atoms with E-state index in [1.165, 1.54) is 12.4 Å². The summed E-state index contributed by atoms with van der Waals surface area (Å²) in [6.45, 7) is 0. The van der Waals surface area contributed by atoms with Gasteiger partial charge in [0.05, 0.1) is 0 Å². The number of aromatic nitrogens is 2. The summed E-state index contributed by atoms with van der Waals surface area (Å²) in [5.74, 6) is 0. The molecule has 21 heavy (non-hydrogen) atoms. The van der Waals surface area contributed by atoms with Crippen LogP contribution in [-0.4, -0.2) is 13.4 Å². The summed E-state index contributed by atoms with van der Waals surface area (Å²) in [5, 5.41) is 24.4. The summed E-state index contributed by atoms with van der Waals surface area (Å²) in [6.07, 6.45) is 2.77. The van der Waals surface area contributed by atoms with Gasteiger partial charge in [0.1, 0.15) is 0 Å². The zero-order chi connectivity index (χ0) is 15.6. The van der Waals surface area contributed by atoms with E-state index in [9.17, 15) is 10.4 Å². The van der Waals surface area contributed by atoms with Gasteiger partial charge in [-0.2, -0.15) is 0 Å². The summed E-state index contributed by atoms with van der Waals surface area (Å²) in [7, 11) is 15.1. The monoisotopic (exact) mass is 598 g/mol. The molecule has 0 saturated carbocycles. The minimum atomic E-state index is -3.78. The van der Waals surface area contributed by atoms with Crippen molar-refractivity contribution in [2.45, 2.75) is 10.1 Å². The normalized spacial score (nSPS) is 11.6. The predicted molar refractivity (Wildman–Crippen MR) is 95.4 cm³/mol. The Balaban J connectivity index is 2.18. The SMILES string of the molecule is [O-][n+]1cc(Br)ccc1[S][Sn]([Cl])([Cl])[S]c1ccc(Br)c[n+]1[O-]. The van der Waals surface area contributed by atoms with Crippen molar-refractivity contribution >= 4 is 81.0 Å². The van der Waals surface area contributed by atoms with Crippen molar-refractivity contribution in [1.29, 1.82) is 0 Å². The molecule has 0 spiro atoms. The second kappa shape index (κ2) is 7.67. The second-order valence-electron chi connectivity index (χ2n) is 3.69. The first-order valence-electron chi connectivity index (χ1n) is 5.30. The van der Waals surface area contributed by atoms with E-state index in [0.717, 1.165) is 17.9 Å². The van der Waals surface area contributed by atoms with E-state index in [1.54, 1.807) is 24.3 Å². The molecule has 0 fully saturated rings. The number of rotatable bonds is 4. The molecule has 2 aromatic heterocycles. The fourth-order valence-electron chi connectivity index (χ4n) is 1.31. The number of pyridine rings is 2. The van der Waals surface area contributed by atoms with E-state index in [4.69, 9.17) is 17.8 Å². The maximum absolute atomic E-state index is 11.8. The van der Waals surface area contributed by atoms with Gasteiger partial charge in [0, 0.05) is 0 Å². The molecule has 2 rings (SSSR count). The third-order valence-corrected chi connectivity index (χ3v) is 21.8. The van der Waals surface area contributed by atoms with E-state index in [0.29, 0.717) is 28.5 Å². The van der Waals surface area contributed by atoms with Crippen LogP contribution in [0, 0.1) is 10.4 Å². The first-order valence-corrected chi connectivity index (χ1v) is 22.7. The Bertz CT molecular complexity index is 626. The summed E-state index contributed by atoms with van der Waals surface area (Å²) in [6, 6.07) is 6.77. The van der Waals surface area contributed by atoms with Crippen LogP contribution in [0.1, 0.15) is 0 Å². The number of hydrogen-bond donors (Lipinski definition) is 0. The Labute approximate surface area is 154 Å². The van der Waals surface area contributed by atoms with Crippen molar-refractivity contribution in [3.8, 4) is 0 Å². The van der Waals surface area contributed by atoms with E-state index >= 15 is 0 Å². The average molecular weight is 600 g/mol. The zero-order valence-corrected chi connectivity index (χ0v) is 19.2. The molecule has 0 bridgehead atoms. The van der Waals surface area contributed by atoms with Crippen LogP contribution >= 0.6 is 67.6 Å². The molecule has 0 atom stereocenters. The van der Waals surface area contributed by atoms with Gasteiger partial charge >= 0.3 is 156 Å². The van der Waals surface area contributed by atoms with Gasteiger partial charge in [0.25, 0.3) is 0 Å². The molecule has 2 heterocycles. The van der Waals surface area contributed by atoms with Crippen LogP contribution in [-0.2, 0) is 0 Å². The maximum atomic E-state index is 11.8. The van der Waals surface area contributed by atoms with Gasteiger partial charge in [-0.3, -0.25) is 0 Å². The van der Waals surface area contributed by atoms with E-state index < -0.39 is 13.4 Å². The van der Waals surface area contributed by atoms with Crippen LogP contribution in [0.2, 0.25) is 0 Å². The van der Waals surface area contributed by atoms with Crippen LogP contribution in [0.25, 0.3) is 0 Å². The third-order valence-electron chi connectivity index (χ3n) is 2.13. The van der Waals surface area contributed by atoms with Crippen LogP contribution in [0.15, 0.2) is 55.7 Å². The molecule has 0 saturated heterocycles. The number of halogens is 4. The van der Waals surface area contributed by atoms with E-state index in [-0.39, 0.29) is 0 Å². The Morgan fingerprint density at radius 2 is 1.24 bits per heavy atom. The fourth-order valence-corrected chi connectivity index (χ4v) is 20.9. The molecule has 11 heteroatoms. The van der Waals surface area contributed by atoms with Crippen LogP contribution in [0.3, 0.4) is 0 Å². The quantitative estimate of drug-likeness (QED) is 0.299. The summed E-state index contributed by atoms with van der Waals surface area (Å²) in [4.78, 5) is 0. The molecule has 4 nitrogen and oxygen atoms in total. The number of nitrogens with zero attached hydrogens (tertiary/aromatic N) is 2. The van der Waals surface area contributed by atoms with Crippen molar-refractivity contribution in [3.63, 3.8) is 0 Å². The van der Waals surface area contributed by atoms with Gasteiger partial charge in [-0.25, -0.2) is 0 Å². The van der Waals surface area contributed by atoms with Crippen LogP contribution < -0.4 is 9.46 Å². The third kappa shape index (κ3) is 5.50. The molecule has 0 aliphatic rings.